The molecule has 0 fully saturated rings. The summed E-state index contributed by atoms with van der Waals surface area (Å²) in [6, 6.07) is 2.07. The number of nitrogens with zero attached hydrogens (tertiary/aromatic N) is 2. The van der Waals surface area contributed by atoms with Crippen molar-refractivity contribution in [3.05, 3.63) is 22.2 Å². The number of rotatable bonds is 2. The van der Waals surface area contributed by atoms with E-state index in [2.05, 4.69) is 11.1 Å². The van der Waals surface area contributed by atoms with E-state index < -0.39 is 0 Å². The number of thiazole rings is 1. The lowest BCUT2D eigenvalue weighted by Gasteiger charge is -1.95. The van der Waals surface area contributed by atoms with E-state index in [0.29, 0.717) is 17.0 Å². The third-order valence-corrected chi connectivity index (χ3v) is 2.74. The first kappa shape index (κ1) is 9.24. The third-order valence-electron chi connectivity index (χ3n) is 1.40. The Morgan fingerprint density at radius 1 is 1.83 bits per heavy atom. The smallest absolute Gasteiger partial charge is 0.0963 e. The molecular formula is C8H7ClN2S. The molecule has 62 valence electrons. The number of aromatic nitrogens is 1. The van der Waals surface area contributed by atoms with Gasteiger partial charge in [0.2, 0.25) is 0 Å². The van der Waals surface area contributed by atoms with Crippen LogP contribution in [0.25, 0.3) is 5.03 Å². The molecule has 0 spiro atoms. The topological polar surface area (TPSA) is 36.7 Å². The zero-order chi connectivity index (χ0) is 8.97. The molecular weight excluding hydrogens is 192 g/mol. The van der Waals surface area contributed by atoms with Crippen LogP contribution in [-0.2, 0) is 0 Å². The summed E-state index contributed by atoms with van der Waals surface area (Å²) in [6.45, 7) is 1.90. The summed E-state index contributed by atoms with van der Waals surface area (Å²) in [7, 11) is 0. The summed E-state index contributed by atoms with van der Waals surface area (Å²) in [5.41, 5.74) is 2.31. The van der Waals surface area contributed by atoms with E-state index >= 15 is 0 Å². The maximum absolute atomic E-state index is 8.69. The Labute approximate surface area is 80.1 Å². The van der Waals surface area contributed by atoms with Gasteiger partial charge < -0.3 is 0 Å². The molecule has 0 aliphatic rings. The van der Waals surface area contributed by atoms with Crippen LogP contribution in [0.4, 0.5) is 0 Å². The van der Waals surface area contributed by atoms with Crippen molar-refractivity contribution in [2.75, 3.05) is 0 Å². The molecule has 0 aliphatic heterocycles. The molecule has 1 rings (SSSR count). The molecule has 0 N–H and O–H groups in total. The monoisotopic (exact) mass is 198 g/mol. The maximum atomic E-state index is 8.69. The van der Waals surface area contributed by atoms with E-state index in [1.54, 1.807) is 11.7 Å². The lowest BCUT2D eigenvalue weighted by Crippen LogP contribution is -1.79. The second-order valence-electron chi connectivity index (χ2n) is 2.12. The average molecular weight is 199 g/mol. The van der Waals surface area contributed by atoms with Crippen molar-refractivity contribution in [2.45, 2.75) is 13.3 Å². The molecule has 1 aromatic rings. The molecule has 2 nitrogen and oxygen atoms in total. The summed E-state index contributed by atoms with van der Waals surface area (Å²) >= 11 is 7.38. The van der Waals surface area contributed by atoms with Gasteiger partial charge in [0.05, 0.1) is 21.5 Å². The van der Waals surface area contributed by atoms with Crippen molar-refractivity contribution < 1.29 is 0 Å². The van der Waals surface area contributed by atoms with E-state index in [1.807, 2.05) is 6.92 Å². The highest BCUT2D eigenvalue weighted by Gasteiger charge is 2.05. The van der Waals surface area contributed by atoms with E-state index in [9.17, 15) is 0 Å². The number of allylic oxidation sites excluding steroid dienone is 1. The quantitative estimate of drug-likeness (QED) is 0.685. The molecule has 0 saturated heterocycles. The van der Waals surface area contributed by atoms with Crippen LogP contribution in [0.1, 0.15) is 18.2 Å². The van der Waals surface area contributed by atoms with Crippen molar-refractivity contribution in [2.24, 2.45) is 0 Å². The second-order valence-corrected chi connectivity index (χ2v) is 3.39. The van der Waals surface area contributed by atoms with Gasteiger partial charge in [0.25, 0.3) is 0 Å². The summed E-state index contributed by atoms with van der Waals surface area (Å²) in [5.74, 6) is 0. The predicted molar refractivity (Wildman–Crippen MR) is 50.8 cm³/mol. The van der Waals surface area contributed by atoms with Crippen LogP contribution in [0.3, 0.4) is 0 Å². The third kappa shape index (κ3) is 1.84. The molecule has 0 bridgehead atoms. The van der Waals surface area contributed by atoms with E-state index in [-0.39, 0.29) is 0 Å². The van der Waals surface area contributed by atoms with Gasteiger partial charge in [-0.05, 0) is 6.42 Å². The van der Waals surface area contributed by atoms with Gasteiger partial charge in [0.1, 0.15) is 0 Å². The van der Waals surface area contributed by atoms with Gasteiger partial charge in [0, 0.05) is 11.8 Å². The second kappa shape index (κ2) is 4.24. The fourth-order valence-electron chi connectivity index (χ4n) is 0.756. The van der Waals surface area contributed by atoms with Crippen LogP contribution in [0.5, 0.6) is 0 Å². The molecule has 12 heavy (non-hydrogen) atoms. The minimum atomic E-state index is 0.530. The zero-order valence-electron chi connectivity index (χ0n) is 6.54. The first-order valence-electron chi connectivity index (χ1n) is 3.47. The summed E-state index contributed by atoms with van der Waals surface area (Å²) < 4.78 is 0. The standard InChI is InChI=1S/C8H7ClN2S/c1-2-6(3-10)8(9)7-4-11-5-12-7/h4-5H,2H2,1H3. The minimum absolute atomic E-state index is 0.530. The Balaban J connectivity index is 3.05. The molecule has 0 atom stereocenters. The Bertz CT molecular complexity index is 321. The van der Waals surface area contributed by atoms with Gasteiger partial charge in [0.15, 0.2) is 0 Å². The van der Waals surface area contributed by atoms with Crippen LogP contribution in [0.2, 0.25) is 0 Å². The lowest BCUT2D eigenvalue weighted by atomic mass is 10.2. The maximum Gasteiger partial charge on any atom is 0.0963 e. The van der Waals surface area contributed by atoms with Crippen molar-refractivity contribution in [3.8, 4) is 6.07 Å². The number of hydrogen-bond donors (Lipinski definition) is 0. The van der Waals surface area contributed by atoms with Crippen LogP contribution in [0.15, 0.2) is 17.3 Å². The van der Waals surface area contributed by atoms with Gasteiger partial charge in [-0.15, -0.1) is 11.3 Å². The fraction of sp³-hybridized carbons (Fsp3) is 0.250. The molecule has 0 radical (unpaired) electrons. The van der Waals surface area contributed by atoms with Crippen LogP contribution in [-0.4, -0.2) is 4.98 Å². The van der Waals surface area contributed by atoms with Gasteiger partial charge >= 0.3 is 0 Å². The molecule has 1 aromatic heterocycles. The molecule has 0 aliphatic carbocycles. The Morgan fingerprint density at radius 3 is 3.00 bits per heavy atom. The van der Waals surface area contributed by atoms with E-state index in [0.717, 1.165) is 4.88 Å². The predicted octanol–water partition coefficient (Wildman–Crippen LogP) is 3.03. The molecule has 4 heteroatoms. The molecule has 1 heterocycles. The van der Waals surface area contributed by atoms with E-state index in [4.69, 9.17) is 16.9 Å². The highest BCUT2D eigenvalue weighted by atomic mass is 35.5. The summed E-state index contributed by atoms with van der Waals surface area (Å²) in [4.78, 5) is 4.74. The molecule has 0 aromatic carbocycles. The van der Waals surface area contributed by atoms with Crippen LogP contribution >= 0.6 is 22.9 Å². The van der Waals surface area contributed by atoms with Crippen LogP contribution < -0.4 is 0 Å². The van der Waals surface area contributed by atoms with Gasteiger partial charge in [-0.25, -0.2) is 0 Å². The van der Waals surface area contributed by atoms with Gasteiger partial charge in [-0.2, -0.15) is 5.26 Å². The Kier molecular flexibility index (Phi) is 3.27. The van der Waals surface area contributed by atoms with Crippen molar-refractivity contribution in [1.82, 2.24) is 4.98 Å². The Hall–Kier alpha value is -0.850. The van der Waals surface area contributed by atoms with Crippen LogP contribution in [0, 0.1) is 11.3 Å². The van der Waals surface area contributed by atoms with Crippen molar-refractivity contribution >= 4 is 28.0 Å². The normalized spacial score (nSPS) is 12.1. The number of halogens is 1. The highest BCUT2D eigenvalue weighted by molar-refractivity contribution is 7.11. The fourth-order valence-corrected chi connectivity index (χ4v) is 1.70. The largest absolute Gasteiger partial charge is 0.252 e. The molecule has 0 amide bonds. The first-order valence-corrected chi connectivity index (χ1v) is 4.73. The van der Waals surface area contributed by atoms with E-state index in [1.165, 1.54) is 11.3 Å². The zero-order valence-corrected chi connectivity index (χ0v) is 8.11. The molecule has 0 unspecified atom stereocenters. The summed E-state index contributed by atoms with van der Waals surface area (Å²) in [5, 5.41) is 9.22. The molecule has 0 saturated carbocycles. The first-order chi connectivity index (χ1) is 5.79. The van der Waals surface area contributed by atoms with Gasteiger partial charge in [-0.1, -0.05) is 18.5 Å². The Morgan fingerprint density at radius 2 is 2.58 bits per heavy atom. The average Bonchev–Trinajstić information content (AvgIpc) is 2.58. The SMILES string of the molecule is CCC(C#N)=C(Cl)c1cncs1. The number of nitriles is 1. The van der Waals surface area contributed by atoms with Gasteiger partial charge in [-0.3, -0.25) is 4.98 Å². The van der Waals surface area contributed by atoms with Crippen molar-refractivity contribution in [1.29, 1.82) is 5.26 Å². The number of hydrogen-bond acceptors (Lipinski definition) is 3. The minimum Gasteiger partial charge on any atom is -0.252 e. The highest BCUT2D eigenvalue weighted by Crippen LogP contribution is 2.26. The summed E-state index contributed by atoms with van der Waals surface area (Å²) in [6.07, 6.45) is 2.33. The lowest BCUT2D eigenvalue weighted by molar-refractivity contribution is 1.16. The van der Waals surface area contributed by atoms with Crippen molar-refractivity contribution in [3.63, 3.8) is 0 Å².